The largest absolute Gasteiger partial charge is 0.476 e. The Hall–Kier alpha value is -1.62. The Morgan fingerprint density at radius 1 is 1.18 bits per heavy atom. The first-order chi connectivity index (χ1) is 13.3. The van der Waals surface area contributed by atoms with Crippen molar-refractivity contribution in [3.8, 4) is 0 Å². The average Bonchev–Trinajstić information content (AvgIpc) is 3.26. The quantitative estimate of drug-likeness (QED) is 0.655. The summed E-state index contributed by atoms with van der Waals surface area (Å²) < 4.78 is 0. The third-order valence-corrected chi connectivity index (χ3v) is 9.27. The van der Waals surface area contributed by atoms with Gasteiger partial charge in [0.1, 0.15) is 0 Å². The summed E-state index contributed by atoms with van der Waals surface area (Å²) in [5, 5.41) is 26.5. The lowest BCUT2D eigenvalue weighted by Crippen LogP contribution is -2.50. The predicted octanol–water partition coefficient (Wildman–Crippen LogP) is 4.52. The van der Waals surface area contributed by atoms with Gasteiger partial charge < -0.3 is 10.2 Å². The van der Waals surface area contributed by atoms with Crippen LogP contribution in [0.3, 0.4) is 0 Å². The lowest BCUT2D eigenvalue weighted by Gasteiger charge is -2.58. The Kier molecular flexibility index (Phi) is 4.07. The molecule has 3 saturated carbocycles. The fraction of sp³-hybridized carbons (Fsp3) is 0.739. The molecule has 1 aromatic rings. The second-order valence-corrected chi connectivity index (χ2v) is 10.3. The molecule has 7 unspecified atom stereocenters. The number of rotatable bonds is 2. The number of aromatic nitrogens is 2. The van der Waals surface area contributed by atoms with E-state index < -0.39 is 5.97 Å². The molecule has 4 aliphatic carbocycles. The topological polar surface area (TPSA) is 86.2 Å². The second-order valence-electron chi connectivity index (χ2n) is 10.3. The number of aromatic carboxylic acids is 1. The maximum atomic E-state index is 11.3. The smallest absolute Gasteiger partial charge is 0.356 e. The lowest BCUT2D eigenvalue weighted by molar-refractivity contribution is -0.0412. The third-order valence-electron chi connectivity index (χ3n) is 9.27. The molecular weight excluding hydrogens is 352 g/mol. The van der Waals surface area contributed by atoms with Crippen molar-refractivity contribution in [2.75, 3.05) is 0 Å². The van der Waals surface area contributed by atoms with E-state index in [4.69, 9.17) is 0 Å². The van der Waals surface area contributed by atoms with Crippen LogP contribution in [-0.4, -0.2) is 32.5 Å². The Morgan fingerprint density at radius 3 is 2.75 bits per heavy atom. The number of fused-ring (bicyclic) bond motifs is 5. The summed E-state index contributed by atoms with van der Waals surface area (Å²) >= 11 is 0. The number of hydrogen-bond donors (Lipinski definition) is 3. The maximum Gasteiger partial charge on any atom is 0.356 e. The summed E-state index contributed by atoms with van der Waals surface area (Å²) in [6.45, 7) is 4.91. The van der Waals surface area contributed by atoms with Crippen LogP contribution in [0.2, 0.25) is 0 Å². The number of aliphatic hydroxyl groups is 1. The standard InChI is InChI=1S/C23H32N2O3/c1-22-9-7-14(26)11-13(22)3-4-15-16-5-6-18(23(16,2)10-8-17(15)22)19-12-20(21(27)28)25-24-19/h3,12,14-18,26H,4-11H2,1-2H3,(H,24,25)(H,27,28). The molecule has 4 aliphatic rings. The second kappa shape index (κ2) is 6.19. The summed E-state index contributed by atoms with van der Waals surface area (Å²) in [7, 11) is 0. The SMILES string of the molecule is CC12CCC(O)CC1=CCC1C2CCC2(C)C(c3cc(C(=O)O)n[nH]3)CCC12. The molecule has 0 aliphatic heterocycles. The Balaban J connectivity index is 1.44. The summed E-state index contributed by atoms with van der Waals surface area (Å²) in [6, 6.07) is 1.76. The fourth-order valence-corrected chi connectivity index (χ4v) is 7.78. The zero-order chi connectivity index (χ0) is 19.7. The highest BCUT2D eigenvalue weighted by Gasteiger charge is 2.59. The number of nitrogens with zero attached hydrogens (tertiary/aromatic N) is 1. The number of H-pyrrole nitrogens is 1. The van der Waals surface area contributed by atoms with Gasteiger partial charge >= 0.3 is 5.97 Å². The van der Waals surface area contributed by atoms with Crippen molar-refractivity contribution in [2.24, 2.45) is 28.6 Å². The van der Waals surface area contributed by atoms with E-state index in [1.807, 2.05) is 0 Å². The Morgan fingerprint density at radius 2 is 2.00 bits per heavy atom. The lowest BCUT2D eigenvalue weighted by atomic mass is 9.47. The van der Waals surface area contributed by atoms with Gasteiger partial charge in [-0.25, -0.2) is 4.79 Å². The highest BCUT2D eigenvalue weighted by molar-refractivity contribution is 5.85. The first-order valence-corrected chi connectivity index (χ1v) is 11.0. The first kappa shape index (κ1) is 18.4. The molecule has 0 aromatic carbocycles. The molecule has 0 radical (unpaired) electrons. The molecule has 5 nitrogen and oxygen atoms in total. The van der Waals surface area contributed by atoms with Gasteiger partial charge in [0, 0.05) is 11.6 Å². The summed E-state index contributed by atoms with van der Waals surface area (Å²) in [5.41, 5.74) is 3.16. The molecule has 0 spiro atoms. The molecular formula is C23H32N2O3. The molecule has 1 aromatic heterocycles. The van der Waals surface area contributed by atoms with Crippen molar-refractivity contribution >= 4 is 5.97 Å². The van der Waals surface area contributed by atoms with Crippen molar-refractivity contribution in [1.29, 1.82) is 0 Å². The van der Waals surface area contributed by atoms with Crippen molar-refractivity contribution in [3.63, 3.8) is 0 Å². The molecule has 5 heteroatoms. The number of carboxylic acids is 1. The van der Waals surface area contributed by atoms with E-state index >= 15 is 0 Å². The Labute approximate surface area is 166 Å². The summed E-state index contributed by atoms with van der Waals surface area (Å²) in [5.74, 6) is 1.56. The molecule has 5 rings (SSSR count). The normalized spacial score (nSPS) is 45.0. The molecule has 152 valence electrons. The number of aliphatic hydroxyl groups excluding tert-OH is 1. The van der Waals surface area contributed by atoms with Crippen molar-refractivity contribution in [2.45, 2.75) is 77.2 Å². The van der Waals surface area contributed by atoms with Gasteiger partial charge in [0.05, 0.1) is 6.10 Å². The highest BCUT2D eigenvalue weighted by Crippen LogP contribution is 2.67. The van der Waals surface area contributed by atoms with Crippen LogP contribution in [0.4, 0.5) is 0 Å². The number of aromatic amines is 1. The summed E-state index contributed by atoms with van der Waals surface area (Å²) in [4.78, 5) is 11.3. The zero-order valence-corrected chi connectivity index (χ0v) is 16.9. The van der Waals surface area contributed by atoms with Crippen LogP contribution in [0, 0.1) is 28.6 Å². The van der Waals surface area contributed by atoms with E-state index in [1.54, 1.807) is 6.07 Å². The van der Waals surface area contributed by atoms with Crippen LogP contribution in [-0.2, 0) is 0 Å². The van der Waals surface area contributed by atoms with E-state index in [1.165, 1.54) is 24.8 Å². The van der Waals surface area contributed by atoms with Crippen molar-refractivity contribution in [3.05, 3.63) is 29.1 Å². The van der Waals surface area contributed by atoms with Gasteiger partial charge in [0.2, 0.25) is 0 Å². The van der Waals surface area contributed by atoms with Gasteiger partial charge in [0.25, 0.3) is 0 Å². The van der Waals surface area contributed by atoms with Gasteiger partial charge in [-0.3, -0.25) is 5.10 Å². The Bertz CT molecular complexity index is 830. The van der Waals surface area contributed by atoms with E-state index in [9.17, 15) is 15.0 Å². The number of carboxylic acid groups (broad SMARTS) is 1. The molecule has 1 heterocycles. The number of carbonyl (C=O) groups is 1. The molecule has 3 N–H and O–H groups in total. The maximum absolute atomic E-state index is 11.3. The van der Waals surface area contributed by atoms with E-state index in [2.05, 4.69) is 30.1 Å². The molecule has 0 bridgehead atoms. The van der Waals surface area contributed by atoms with Gasteiger partial charge in [0.15, 0.2) is 5.69 Å². The molecule has 0 amide bonds. The highest BCUT2D eigenvalue weighted by atomic mass is 16.4. The molecule has 0 saturated heterocycles. The number of allylic oxidation sites excluding steroid dienone is 1. The van der Waals surface area contributed by atoms with Crippen LogP contribution >= 0.6 is 0 Å². The third kappa shape index (κ3) is 2.47. The molecule has 28 heavy (non-hydrogen) atoms. The van der Waals surface area contributed by atoms with Crippen LogP contribution < -0.4 is 0 Å². The predicted molar refractivity (Wildman–Crippen MR) is 106 cm³/mol. The minimum Gasteiger partial charge on any atom is -0.476 e. The van der Waals surface area contributed by atoms with Crippen molar-refractivity contribution in [1.82, 2.24) is 10.2 Å². The minimum absolute atomic E-state index is 0.134. The van der Waals surface area contributed by atoms with Crippen LogP contribution in [0.5, 0.6) is 0 Å². The van der Waals surface area contributed by atoms with Gasteiger partial charge in [-0.1, -0.05) is 25.5 Å². The average molecular weight is 385 g/mol. The van der Waals surface area contributed by atoms with E-state index in [-0.39, 0.29) is 22.6 Å². The van der Waals surface area contributed by atoms with Crippen LogP contribution in [0.15, 0.2) is 17.7 Å². The number of hydrogen-bond acceptors (Lipinski definition) is 3. The van der Waals surface area contributed by atoms with Crippen LogP contribution in [0.25, 0.3) is 0 Å². The van der Waals surface area contributed by atoms with Gasteiger partial charge in [-0.2, -0.15) is 5.10 Å². The first-order valence-electron chi connectivity index (χ1n) is 11.0. The van der Waals surface area contributed by atoms with Gasteiger partial charge in [-0.05, 0) is 86.0 Å². The minimum atomic E-state index is -0.955. The van der Waals surface area contributed by atoms with Crippen molar-refractivity contribution < 1.29 is 15.0 Å². The van der Waals surface area contributed by atoms with E-state index in [0.717, 1.165) is 49.6 Å². The number of nitrogens with one attached hydrogen (secondary N) is 1. The zero-order valence-electron chi connectivity index (χ0n) is 16.9. The van der Waals surface area contributed by atoms with E-state index in [0.29, 0.717) is 11.8 Å². The van der Waals surface area contributed by atoms with Crippen LogP contribution in [0.1, 0.15) is 87.3 Å². The molecule has 3 fully saturated rings. The monoisotopic (exact) mass is 384 g/mol. The molecule has 7 atom stereocenters. The fourth-order valence-electron chi connectivity index (χ4n) is 7.78. The van der Waals surface area contributed by atoms with Gasteiger partial charge in [-0.15, -0.1) is 0 Å². The summed E-state index contributed by atoms with van der Waals surface area (Å²) in [6.07, 6.45) is 11.2.